The Morgan fingerprint density at radius 1 is 1.07 bits per heavy atom. The van der Waals surface area contributed by atoms with Gasteiger partial charge in [0.15, 0.2) is 9.84 Å². The van der Waals surface area contributed by atoms with E-state index in [1.165, 1.54) is 0 Å². The first-order valence-electron chi connectivity index (χ1n) is 14.4. The number of benzene rings is 2. The zero-order chi connectivity index (χ0) is 29.3. The molecule has 2 aliphatic rings. The zero-order valence-electron chi connectivity index (χ0n) is 23.7. The summed E-state index contributed by atoms with van der Waals surface area (Å²) in [5, 5.41) is 10.8. The van der Waals surface area contributed by atoms with Gasteiger partial charge in [-0.05, 0) is 42.2 Å². The largest absolute Gasteiger partial charge is 0.496 e. The van der Waals surface area contributed by atoms with Gasteiger partial charge in [-0.25, -0.2) is 13.4 Å². The Labute approximate surface area is 246 Å². The highest BCUT2D eigenvalue weighted by Gasteiger charge is 2.34. The molecule has 2 aromatic heterocycles. The summed E-state index contributed by atoms with van der Waals surface area (Å²) in [4.78, 5) is 25.4. The molecule has 4 heterocycles. The molecule has 2 N–H and O–H groups in total. The lowest BCUT2D eigenvalue weighted by atomic mass is 9.96. The first-order chi connectivity index (χ1) is 20.4. The molecule has 0 bridgehead atoms. The van der Waals surface area contributed by atoms with Crippen molar-refractivity contribution in [2.45, 2.75) is 31.3 Å². The van der Waals surface area contributed by atoms with E-state index in [2.05, 4.69) is 22.0 Å². The number of hydrogen-bond donors (Lipinski definition) is 2. The molecular formula is C32H36N4O5S. The lowest BCUT2D eigenvalue weighted by molar-refractivity contribution is -0.134. The van der Waals surface area contributed by atoms with Crippen LogP contribution in [0.15, 0.2) is 67.0 Å². The summed E-state index contributed by atoms with van der Waals surface area (Å²) < 4.78 is 30.0. The van der Waals surface area contributed by atoms with Crippen LogP contribution < -0.4 is 4.74 Å². The Morgan fingerprint density at radius 2 is 1.88 bits per heavy atom. The predicted molar refractivity (Wildman–Crippen MR) is 163 cm³/mol. The van der Waals surface area contributed by atoms with Crippen LogP contribution in [0.25, 0.3) is 33.3 Å². The molecule has 4 aromatic rings. The van der Waals surface area contributed by atoms with E-state index in [0.29, 0.717) is 19.6 Å². The lowest BCUT2D eigenvalue weighted by Gasteiger charge is -2.36. The lowest BCUT2D eigenvalue weighted by Crippen LogP contribution is -2.45. The summed E-state index contributed by atoms with van der Waals surface area (Å²) in [6.07, 6.45) is 5.70. The number of fused-ring (bicyclic) bond motifs is 1. The van der Waals surface area contributed by atoms with Crippen molar-refractivity contribution in [3.05, 3.63) is 72.6 Å². The minimum Gasteiger partial charge on any atom is -0.496 e. The molecule has 10 heteroatoms. The fraction of sp³-hybridized carbons (Fsp3) is 0.375. The summed E-state index contributed by atoms with van der Waals surface area (Å²) in [5.74, 6) is 0.941. The molecule has 9 nitrogen and oxygen atoms in total. The zero-order valence-corrected chi connectivity index (χ0v) is 24.5. The third kappa shape index (κ3) is 5.66. The van der Waals surface area contributed by atoms with Crippen LogP contribution in [0.4, 0.5) is 0 Å². The molecule has 42 heavy (non-hydrogen) atoms. The maximum atomic E-state index is 13.5. The van der Waals surface area contributed by atoms with Gasteiger partial charge < -0.3 is 19.7 Å². The van der Waals surface area contributed by atoms with Gasteiger partial charge in [-0.2, -0.15) is 0 Å². The highest BCUT2D eigenvalue weighted by Crippen LogP contribution is 2.37. The standard InChI is InChI=1S/C32H36N4O5S/c1-41-30-10-3-2-9-26(30)28-20-34-32-27(28)17-24(19-33-32)22-6-4-7-23(16-22)29(35-12-14-42(39,40)15-13-35)18-31(38)36-11-5-8-25(36)21-37/h2-4,6-7,9-10,16-17,19-20,25,29,37H,5,8,11-15,18,21H2,1H3,(H,33,34)/t25-,29?/m1/s1. The summed E-state index contributed by atoms with van der Waals surface area (Å²) >= 11 is 0. The fourth-order valence-corrected chi connectivity index (χ4v) is 7.54. The highest BCUT2D eigenvalue weighted by molar-refractivity contribution is 7.91. The first kappa shape index (κ1) is 28.4. The summed E-state index contributed by atoms with van der Waals surface area (Å²) in [6, 6.07) is 17.7. The average Bonchev–Trinajstić information content (AvgIpc) is 3.67. The molecular weight excluding hydrogens is 552 g/mol. The molecule has 0 spiro atoms. The van der Waals surface area contributed by atoms with Gasteiger partial charge in [0.2, 0.25) is 5.91 Å². The number of hydrogen-bond acceptors (Lipinski definition) is 7. The van der Waals surface area contributed by atoms with E-state index in [1.54, 1.807) is 12.0 Å². The SMILES string of the molecule is COc1ccccc1-c1c[nH]c2ncc(-c3cccc(C(CC(=O)N4CCC[C@@H]4CO)N4CCS(=O)(=O)CC4)c3)cc12. The van der Waals surface area contributed by atoms with Gasteiger partial charge in [-0.3, -0.25) is 9.69 Å². The van der Waals surface area contributed by atoms with E-state index in [-0.39, 0.29) is 42.5 Å². The number of ether oxygens (including phenoxy) is 1. The highest BCUT2D eigenvalue weighted by atomic mass is 32.2. The smallest absolute Gasteiger partial charge is 0.224 e. The van der Waals surface area contributed by atoms with Crippen LogP contribution in [-0.2, 0) is 14.6 Å². The Morgan fingerprint density at radius 3 is 2.67 bits per heavy atom. The summed E-state index contributed by atoms with van der Waals surface area (Å²) in [6.45, 7) is 1.36. The summed E-state index contributed by atoms with van der Waals surface area (Å²) in [7, 11) is -1.41. The molecule has 2 aromatic carbocycles. The Hall–Kier alpha value is -3.73. The first-order valence-corrected chi connectivity index (χ1v) is 16.2. The maximum Gasteiger partial charge on any atom is 0.224 e. The number of amides is 1. The maximum absolute atomic E-state index is 13.5. The number of H-pyrrole nitrogens is 1. The van der Waals surface area contributed by atoms with Crippen molar-refractivity contribution in [2.75, 3.05) is 44.9 Å². The molecule has 1 unspecified atom stereocenters. The Kier molecular flexibility index (Phi) is 8.02. The Balaban J connectivity index is 1.35. The van der Waals surface area contributed by atoms with E-state index in [1.807, 2.05) is 54.9 Å². The number of aromatic amines is 1. The Bertz CT molecular complexity index is 1690. The molecule has 2 aliphatic heterocycles. The van der Waals surface area contributed by atoms with Gasteiger partial charge in [-0.1, -0.05) is 36.4 Å². The van der Waals surface area contributed by atoms with Crippen LogP contribution in [0.1, 0.15) is 30.9 Å². The van der Waals surface area contributed by atoms with E-state index in [0.717, 1.165) is 57.4 Å². The number of sulfone groups is 1. The van der Waals surface area contributed by atoms with Crippen LogP contribution in [0, 0.1) is 0 Å². The van der Waals surface area contributed by atoms with Crippen molar-refractivity contribution in [3.8, 4) is 28.0 Å². The van der Waals surface area contributed by atoms with Gasteiger partial charge in [0.05, 0.1) is 31.3 Å². The molecule has 220 valence electrons. The van der Waals surface area contributed by atoms with E-state index in [9.17, 15) is 18.3 Å². The summed E-state index contributed by atoms with van der Waals surface area (Å²) in [5.41, 5.74) is 5.60. The monoisotopic (exact) mass is 588 g/mol. The number of nitrogens with zero attached hydrogens (tertiary/aromatic N) is 3. The van der Waals surface area contributed by atoms with Crippen LogP contribution in [0.3, 0.4) is 0 Å². The minimum absolute atomic E-state index is 0.00718. The van der Waals surface area contributed by atoms with Gasteiger partial charge >= 0.3 is 0 Å². The quantitative estimate of drug-likeness (QED) is 0.319. The molecule has 2 saturated heterocycles. The van der Waals surface area contributed by atoms with E-state index < -0.39 is 9.84 Å². The number of carbonyl (C=O) groups excluding carboxylic acids is 1. The van der Waals surface area contributed by atoms with Crippen molar-refractivity contribution in [2.24, 2.45) is 0 Å². The number of para-hydroxylation sites is 1. The molecule has 0 aliphatic carbocycles. The second-order valence-corrected chi connectivity index (χ2v) is 13.4. The van der Waals surface area contributed by atoms with Crippen molar-refractivity contribution in [1.82, 2.24) is 19.8 Å². The van der Waals surface area contributed by atoms with Crippen molar-refractivity contribution >= 4 is 26.8 Å². The van der Waals surface area contributed by atoms with Crippen molar-refractivity contribution in [1.29, 1.82) is 0 Å². The second kappa shape index (κ2) is 11.9. The normalized spacial score (nSPS) is 19.7. The molecule has 0 radical (unpaired) electrons. The number of carbonyl (C=O) groups is 1. The van der Waals surface area contributed by atoms with Crippen LogP contribution in [0.5, 0.6) is 5.75 Å². The number of rotatable bonds is 8. The van der Waals surface area contributed by atoms with Gasteiger partial charge in [0, 0.05) is 66.6 Å². The minimum atomic E-state index is -3.08. The van der Waals surface area contributed by atoms with Gasteiger partial charge in [0.1, 0.15) is 11.4 Å². The average molecular weight is 589 g/mol. The third-order valence-corrected chi connectivity index (χ3v) is 10.2. The van der Waals surface area contributed by atoms with Crippen LogP contribution in [0.2, 0.25) is 0 Å². The molecule has 1 amide bonds. The van der Waals surface area contributed by atoms with E-state index in [4.69, 9.17) is 9.72 Å². The fourth-order valence-electron chi connectivity index (χ4n) is 6.31. The molecule has 6 rings (SSSR count). The third-order valence-electron chi connectivity index (χ3n) is 8.63. The van der Waals surface area contributed by atoms with Crippen molar-refractivity contribution < 1.29 is 23.1 Å². The number of methoxy groups -OCH3 is 1. The molecule has 0 saturated carbocycles. The number of likely N-dealkylation sites (tertiary alicyclic amines) is 1. The van der Waals surface area contributed by atoms with Gasteiger partial charge in [0.25, 0.3) is 0 Å². The van der Waals surface area contributed by atoms with Crippen LogP contribution >= 0.6 is 0 Å². The van der Waals surface area contributed by atoms with Crippen molar-refractivity contribution in [3.63, 3.8) is 0 Å². The molecule has 2 atom stereocenters. The number of aromatic nitrogens is 2. The van der Waals surface area contributed by atoms with Crippen LogP contribution in [-0.4, -0.2) is 90.1 Å². The molecule has 2 fully saturated rings. The second-order valence-electron chi connectivity index (χ2n) is 11.1. The number of pyridine rings is 1. The predicted octanol–water partition coefficient (Wildman–Crippen LogP) is 4.05. The topological polar surface area (TPSA) is 116 Å². The number of nitrogens with one attached hydrogen (secondary N) is 1. The van der Waals surface area contributed by atoms with E-state index >= 15 is 0 Å². The number of aliphatic hydroxyl groups excluding tert-OH is 1. The number of aliphatic hydroxyl groups is 1. The van der Waals surface area contributed by atoms with Gasteiger partial charge in [-0.15, -0.1) is 0 Å².